The fourth-order valence-corrected chi connectivity index (χ4v) is 3.27. The SMILES string of the molecule is CC1CC[C@@H]2C(N)CCC12C. The van der Waals surface area contributed by atoms with E-state index >= 15 is 0 Å². The Hall–Kier alpha value is -0.0400. The second-order valence-electron chi connectivity index (χ2n) is 4.79. The van der Waals surface area contributed by atoms with Gasteiger partial charge >= 0.3 is 0 Å². The monoisotopic (exact) mass is 153 g/mol. The lowest BCUT2D eigenvalue weighted by atomic mass is 9.76. The van der Waals surface area contributed by atoms with Crippen molar-refractivity contribution in [3.8, 4) is 0 Å². The van der Waals surface area contributed by atoms with Crippen LogP contribution in [0.15, 0.2) is 0 Å². The molecule has 0 aromatic rings. The van der Waals surface area contributed by atoms with Gasteiger partial charge in [-0.1, -0.05) is 13.8 Å². The first-order valence-corrected chi connectivity index (χ1v) is 4.90. The summed E-state index contributed by atoms with van der Waals surface area (Å²) in [6.45, 7) is 4.85. The van der Waals surface area contributed by atoms with E-state index in [0.29, 0.717) is 11.5 Å². The van der Waals surface area contributed by atoms with Crippen LogP contribution in [0.3, 0.4) is 0 Å². The third-order valence-corrected chi connectivity index (χ3v) is 4.42. The summed E-state index contributed by atoms with van der Waals surface area (Å²) in [7, 11) is 0. The van der Waals surface area contributed by atoms with Crippen LogP contribution < -0.4 is 5.73 Å². The van der Waals surface area contributed by atoms with E-state index in [1.165, 1.54) is 25.7 Å². The van der Waals surface area contributed by atoms with Crippen molar-refractivity contribution in [2.24, 2.45) is 23.0 Å². The summed E-state index contributed by atoms with van der Waals surface area (Å²) in [6, 6.07) is 0.518. The molecule has 2 aliphatic carbocycles. The molecule has 64 valence electrons. The van der Waals surface area contributed by atoms with Crippen molar-refractivity contribution in [3.63, 3.8) is 0 Å². The summed E-state index contributed by atoms with van der Waals surface area (Å²) in [5.74, 6) is 1.76. The highest BCUT2D eigenvalue weighted by Crippen LogP contribution is 2.56. The van der Waals surface area contributed by atoms with E-state index in [2.05, 4.69) is 13.8 Å². The van der Waals surface area contributed by atoms with Gasteiger partial charge in [0.15, 0.2) is 0 Å². The van der Waals surface area contributed by atoms with E-state index < -0.39 is 0 Å². The van der Waals surface area contributed by atoms with E-state index in [-0.39, 0.29) is 0 Å². The third kappa shape index (κ3) is 0.868. The highest BCUT2D eigenvalue weighted by Gasteiger charge is 2.50. The minimum absolute atomic E-state index is 0.518. The van der Waals surface area contributed by atoms with Crippen LogP contribution in [0.5, 0.6) is 0 Å². The van der Waals surface area contributed by atoms with Crippen molar-refractivity contribution < 1.29 is 0 Å². The van der Waals surface area contributed by atoms with Gasteiger partial charge in [-0.05, 0) is 42.9 Å². The number of rotatable bonds is 0. The minimum atomic E-state index is 0.518. The van der Waals surface area contributed by atoms with Gasteiger partial charge in [0, 0.05) is 6.04 Å². The molecule has 0 saturated heterocycles. The van der Waals surface area contributed by atoms with Gasteiger partial charge in [-0.3, -0.25) is 0 Å². The molecule has 2 aliphatic rings. The summed E-state index contributed by atoms with van der Waals surface area (Å²) in [6.07, 6.45) is 5.44. The quantitative estimate of drug-likeness (QED) is 0.567. The average Bonchev–Trinajstić information content (AvgIpc) is 2.39. The first kappa shape index (κ1) is 7.60. The van der Waals surface area contributed by atoms with E-state index in [9.17, 15) is 0 Å². The lowest BCUT2D eigenvalue weighted by molar-refractivity contribution is 0.199. The molecule has 2 saturated carbocycles. The molecule has 0 heterocycles. The minimum Gasteiger partial charge on any atom is -0.327 e. The van der Waals surface area contributed by atoms with Crippen molar-refractivity contribution in [1.29, 1.82) is 0 Å². The van der Waals surface area contributed by atoms with Crippen molar-refractivity contribution in [3.05, 3.63) is 0 Å². The predicted octanol–water partition coefficient (Wildman–Crippen LogP) is 2.16. The smallest absolute Gasteiger partial charge is 0.00726 e. The molecule has 0 bridgehead atoms. The summed E-state index contributed by atoms with van der Waals surface area (Å²) in [5, 5.41) is 0. The maximum absolute atomic E-state index is 6.07. The Morgan fingerprint density at radius 3 is 2.64 bits per heavy atom. The second kappa shape index (κ2) is 2.22. The van der Waals surface area contributed by atoms with Crippen LogP contribution in [0.25, 0.3) is 0 Å². The van der Waals surface area contributed by atoms with Crippen molar-refractivity contribution in [1.82, 2.24) is 0 Å². The summed E-state index contributed by atoms with van der Waals surface area (Å²) < 4.78 is 0. The highest BCUT2D eigenvalue weighted by molar-refractivity contribution is 5.02. The van der Waals surface area contributed by atoms with Crippen LogP contribution in [0.1, 0.15) is 39.5 Å². The van der Waals surface area contributed by atoms with Gasteiger partial charge in [0.05, 0.1) is 0 Å². The Labute approximate surface area is 69.4 Å². The zero-order valence-corrected chi connectivity index (χ0v) is 7.64. The maximum Gasteiger partial charge on any atom is 0.00726 e. The molecule has 0 aromatic heterocycles. The Morgan fingerprint density at radius 2 is 2.00 bits per heavy atom. The van der Waals surface area contributed by atoms with Crippen LogP contribution in [-0.4, -0.2) is 6.04 Å². The van der Waals surface area contributed by atoms with Gasteiger partial charge in [0.25, 0.3) is 0 Å². The summed E-state index contributed by atoms with van der Waals surface area (Å²) in [4.78, 5) is 0. The Balaban J connectivity index is 2.23. The van der Waals surface area contributed by atoms with E-state index in [4.69, 9.17) is 5.73 Å². The molecule has 3 unspecified atom stereocenters. The largest absolute Gasteiger partial charge is 0.327 e. The molecule has 1 nitrogen and oxygen atoms in total. The normalized spacial score (nSPS) is 56.5. The van der Waals surface area contributed by atoms with Crippen molar-refractivity contribution in [2.45, 2.75) is 45.6 Å². The van der Waals surface area contributed by atoms with Crippen molar-refractivity contribution in [2.75, 3.05) is 0 Å². The molecule has 0 aromatic carbocycles. The zero-order chi connectivity index (χ0) is 8.06. The molecule has 11 heavy (non-hydrogen) atoms. The van der Waals surface area contributed by atoms with Crippen LogP contribution >= 0.6 is 0 Å². The third-order valence-electron chi connectivity index (χ3n) is 4.42. The summed E-state index contributed by atoms with van der Waals surface area (Å²) >= 11 is 0. The Kier molecular flexibility index (Phi) is 1.54. The molecule has 4 atom stereocenters. The molecule has 0 amide bonds. The Morgan fingerprint density at radius 1 is 1.27 bits per heavy atom. The maximum atomic E-state index is 6.07. The molecule has 0 spiro atoms. The van der Waals surface area contributed by atoms with E-state index in [1.54, 1.807) is 0 Å². The average molecular weight is 153 g/mol. The Bertz CT molecular complexity index is 166. The van der Waals surface area contributed by atoms with Crippen LogP contribution in [0.4, 0.5) is 0 Å². The molecule has 0 aliphatic heterocycles. The molecule has 2 fully saturated rings. The molecule has 1 heteroatoms. The van der Waals surface area contributed by atoms with Crippen LogP contribution in [0.2, 0.25) is 0 Å². The fourth-order valence-electron chi connectivity index (χ4n) is 3.27. The molecule has 0 radical (unpaired) electrons. The zero-order valence-electron chi connectivity index (χ0n) is 7.64. The molecule has 2 rings (SSSR count). The first-order valence-electron chi connectivity index (χ1n) is 4.90. The molecular formula is C10H19N. The molecular weight excluding hydrogens is 134 g/mol. The van der Waals surface area contributed by atoms with Crippen LogP contribution in [-0.2, 0) is 0 Å². The summed E-state index contributed by atoms with van der Waals surface area (Å²) in [5.41, 5.74) is 6.68. The number of fused-ring (bicyclic) bond motifs is 1. The highest BCUT2D eigenvalue weighted by atomic mass is 14.7. The number of nitrogens with two attached hydrogens (primary N) is 1. The van der Waals surface area contributed by atoms with Gasteiger partial charge < -0.3 is 5.73 Å². The second-order valence-corrected chi connectivity index (χ2v) is 4.79. The standard InChI is InChI=1S/C10H19N/c1-7-3-4-8-9(11)5-6-10(7,8)2/h7-9H,3-6,11H2,1-2H3/t7?,8-,9?,10?/m1/s1. The lowest BCUT2D eigenvalue weighted by Crippen LogP contribution is -2.30. The predicted molar refractivity (Wildman–Crippen MR) is 47.2 cm³/mol. The number of hydrogen-bond acceptors (Lipinski definition) is 1. The van der Waals surface area contributed by atoms with Gasteiger partial charge in [-0.25, -0.2) is 0 Å². The van der Waals surface area contributed by atoms with Gasteiger partial charge in [-0.2, -0.15) is 0 Å². The lowest BCUT2D eigenvalue weighted by Gasteiger charge is -2.29. The topological polar surface area (TPSA) is 26.0 Å². The fraction of sp³-hybridized carbons (Fsp3) is 1.00. The van der Waals surface area contributed by atoms with Crippen LogP contribution in [0, 0.1) is 17.3 Å². The van der Waals surface area contributed by atoms with Gasteiger partial charge in [-0.15, -0.1) is 0 Å². The van der Waals surface area contributed by atoms with Gasteiger partial charge in [0.2, 0.25) is 0 Å². The van der Waals surface area contributed by atoms with E-state index in [0.717, 1.165) is 11.8 Å². The van der Waals surface area contributed by atoms with E-state index in [1.807, 2.05) is 0 Å². The van der Waals surface area contributed by atoms with Gasteiger partial charge in [0.1, 0.15) is 0 Å². The van der Waals surface area contributed by atoms with Crippen molar-refractivity contribution >= 4 is 0 Å². The first-order chi connectivity index (χ1) is 5.14. The molecule has 2 N–H and O–H groups in total. The number of hydrogen-bond donors (Lipinski definition) is 1.